The Morgan fingerprint density at radius 2 is 2.04 bits per heavy atom. The third kappa shape index (κ3) is 6.24. The molecule has 0 saturated carbocycles. The molecule has 5 heteroatoms. The van der Waals surface area contributed by atoms with Crippen LogP contribution in [-0.4, -0.2) is 18.7 Å². The molecule has 0 aliphatic carbocycles. The summed E-state index contributed by atoms with van der Waals surface area (Å²) in [5.74, 6) is 0.354. The van der Waals surface area contributed by atoms with E-state index in [4.69, 9.17) is 4.74 Å². The zero-order valence-corrected chi connectivity index (χ0v) is 14.5. The van der Waals surface area contributed by atoms with Crippen molar-refractivity contribution in [3.63, 3.8) is 0 Å². The lowest BCUT2D eigenvalue weighted by atomic mass is 10.1. The molecule has 0 aliphatic rings. The van der Waals surface area contributed by atoms with E-state index in [1.54, 1.807) is 6.21 Å². The van der Waals surface area contributed by atoms with Crippen LogP contribution in [0, 0.1) is 6.92 Å². The topological polar surface area (TPSA) is 50.7 Å². The molecule has 0 saturated heterocycles. The molecule has 0 spiro atoms. The van der Waals surface area contributed by atoms with E-state index < -0.39 is 0 Å². The fourth-order valence-corrected chi connectivity index (χ4v) is 2.56. The second kappa shape index (κ2) is 9.10. The van der Waals surface area contributed by atoms with Crippen LogP contribution in [0.25, 0.3) is 0 Å². The summed E-state index contributed by atoms with van der Waals surface area (Å²) in [7, 11) is 0. The SMILES string of the molecule is Cc1ccc(OCC(=O)N/N=C/CCc2ccccc2)c(Br)c1. The number of ether oxygens (including phenoxy) is 1. The van der Waals surface area contributed by atoms with Gasteiger partial charge in [0.1, 0.15) is 5.75 Å². The Balaban J connectivity index is 1.67. The molecule has 0 radical (unpaired) electrons. The third-order valence-corrected chi connectivity index (χ3v) is 3.75. The lowest BCUT2D eigenvalue weighted by Gasteiger charge is -2.07. The highest BCUT2D eigenvalue weighted by atomic mass is 79.9. The molecular weight excluding hydrogens is 356 g/mol. The quantitative estimate of drug-likeness (QED) is 0.590. The zero-order valence-electron chi connectivity index (χ0n) is 13.0. The number of nitrogens with zero attached hydrogens (tertiary/aromatic N) is 1. The van der Waals surface area contributed by atoms with E-state index in [1.165, 1.54) is 5.56 Å². The van der Waals surface area contributed by atoms with Gasteiger partial charge in [-0.3, -0.25) is 4.79 Å². The zero-order chi connectivity index (χ0) is 16.5. The van der Waals surface area contributed by atoms with Gasteiger partial charge in [0.2, 0.25) is 0 Å². The smallest absolute Gasteiger partial charge is 0.277 e. The summed E-state index contributed by atoms with van der Waals surface area (Å²) < 4.78 is 6.28. The van der Waals surface area contributed by atoms with Crippen LogP contribution in [-0.2, 0) is 11.2 Å². The van der Waals surface area contributed by atoms with Gasteiger partial charge in [0.25, 0.3) is 5.91 Å². The molecule has 0 fully saturated rings. The molecule has 2 aromatic rings. The summed E-state index contributed by atoms with van der Waals surface area (Å²) in [4.78, 5) is 11.7. The van der Waals surface area contributed by atoms with Crippen LogP contribution in [0.15, 0.2) is 58.1 Å². The Morgan fingerprint density at radius 3 is 2.78 bits per heavy atom. The largest absolute Gasteiger partial charge is 0.483 e. The Morgan fingerprint density at radius 1 is 1.26 bits per heavy atom. The van der Waals surface area contributed by atoms with Crippen LogP contribution in [0.4, 0.5) is 0 Å². The summed E-state index contributed by atoms with van der Waals surface area (Å²) in [5, 5.41) is 3.92. The third-order valence-electron chi connectivity index (χ3n) is 3.13. The van der Waals surface area contributed by atoms with E-state index in [0.717, 1.165) is 22.9 Å². The maximum absolute atomic E-state index is 11.7. The molecule has 0 bridgehead atoms. The monoisotopic (exact) mass is 374 g/mol. The minimum atomic E-state index is -0.284. The van der Waals surface area contributed by atoms with Crippen molar-refractivity contribution in [2.45, 2.75) is 19.8 Å². The first-order valence-corrected chi connectivity index (χ1v) is 8.17. The maximum Gasteiger partial charge on any atom is 0.277 e. The van der Waals surface area contributed by atoms with Gasteiger partial charge in [0.15, 0.2) is 6.61 Å². The highest BCUT2D eigenvalue weighted by molar-refractivity contribution is 9.10. The number of halogens is 1. The molecular formula is C18H19BrN2O2. The molecule has 0 atom stereocenters. The average molecular weight is 375 g/mol. The average Bonchev–Trinajstić information content (AvgIpc) is 2.54. The first-order valence-electron chi connectivity index (χ1n) is 7.38. The van der Waals surface area contributed by atoms with Gasteiger partial charge in [0, 0.05) is 6.21 Å². The number of amides is 1. The van der Waals surface area contributed by atoms with E-state index in [0.29, 0.717) is 5.75 Å². The second-order valence-electron chi connectivity index (χ2n) is 5.09. The molecule has 23 heavy (non-hydrogen) atoms. The fraction of sp³-hybridized carbons (Fsp3) is 0.222. The Hall–Kier alpha value is -2.14. The molecule has 2 aromatic carbocycles. The van der Waals surface area contributed by atoms with Gasteiger partial charge in [-0.2, -0.15) is 5.10 Å². The van der Waals surface area contributed by atoms with Crippen LogP contribution in [0.3, 0.4) is 0 Å². The highest BCUT2D eigenvalue weighted by Crippen LogP contribution is 2.25. The number of hydrazone groups is 1. The molecule has 2 rings (SSSR count). The van der Waals surface area contributed by atoms with Crippen molar-refractivity contribution in [2.75, 3.05) is 6.61 Å². The second-order valence-corrected chi connectivity index (χ2v) is 5.95. The molecule has 0 heterocycles. The van der Waals surface area contributed by atoms with E-state index >= 15 is 0 Å². The highest BCUT2D eigenvalue weighted by Gasteiger charge is 2.04. The number of benzene rings is 2. The molecule has 1 amide bonds. The van der Waals surface area contributed by atoms with E-state index in [-0.39, 0.29) is 12.5 Å². The summed E-state index contributed by atoms with van der Waals surface area (Å²) in [5.41, 5.74) is 4.83. The van der Waals surface area contributed by atoms with Crippen LogP contribution in [0.5, 0.6) is 5.75 Å². The van der Waals surface area contributed by atoms with Gasteiger partial charge < -0.3 is 4.74 Å². The number of hydrogen-bond acceptors (Lipinski definition) is 3. The normalized spacial score (nSPS) is 10.7. The van der Waals surface area contributed by atoms with E-state index in [9.17, 15) is 4.79 Å². The van der Waals surface area contributed by atoms with Gasteiger partial charge in [-0.1, -0.05) is 36.4 Å². The number of aryl methyl sites for hydroxylation is 2. The van der Waals surface area contributed by atoms with Crippen molar-refractivity contribution < 1.29 is 9.53 Å². The number of rotatable bonds is 7. The molecule has 120 valence electrons. The summed E-state index contributed by atoms with van der Waals surface area (Å²) >= 11 is 3.41. The van der Waals surface area contributed by atoms with Gasteiger partial charge in [-0.05, 0) is 59.0 Å². The first kappa shape index (κ1) is 17.2. The van der Waals surface area contributed by atoms with Gasteiger partial charge in [-0.25, -0.2) is 5.43 Å². The summed E-state index contributed by atoms with van der Waals surface area (Å²) in [6.45, 7) is 1.92. The number of hydrogen-bond donors (Lipinski definition) is 1. The number of carbonyl (C=O) groups excluding carboxylic acids is 1. The lowest BCUT2D eigenvalue weighted by molar-refractivity contribution is -0.123. The Labute approximate surface area is 144 Å². The Bertz CT molecular complexity index is 672. The van der Waals surface area contributed by atoms with Gasteiger partial charge in [0.05, 0.1) is 4.47 Å². The van der Waals surface area contributed by atoms with Crippen LogP contribution < -0.4 is 10.2 Å². The molecule has 0 aromatic heterocycles. The fourth-order valence-electron chi connectivity index (χ4n) is 1.96. The first-order chi connectivity index (χ1) is 11.1. The van der Waals surface area contributed by atoms with Crippen LogP contribution in [0.1, 0.15) is 17.5 Å². The predicted molar refractivity (Wildman–Crippen MR) is 95.8 cm³/mol. The van der Waals surface area contributed by atoms with E-state index in [1.807, 2.05) is 43.3 Å². The van der Waals surface area contributed by atoms with Crippen molar-refractivity contribution in [3.8, 4) is 5.75 Å². The summed E-state index contributed by atoms with van der Waals surface area (Å²) in [6, 6.07) is 15.8. The number of carbonyl (C=O) groups is 1. The number of nitrogens with one attached hydrogen (secondary N) is 1. The standard InChI is InChI=1S/C18H19BrN2O2/c1-14-9-10-17(16(19)12-14)23-13-18(22)21-20-11-5-8-15-6-3-2-4-7-15/h2-4,6-7,9-12H,5,8,13H2,1H3,(H,21,22)/b20-11+. The minimum Gasteiger partial charge on any atom is -0.483 e. The summed E-state index contributed by atoms with van der Waals surface area (Å²) in [6.07, 6.45) is 3.37. The maximum atomic E-state index is 11.7. The molecule has 1 N–H and O–H groups in total. The van der Waals surface area contributed by atoms with Crippen molar-refractivity contribution in [1.82, 2.24) is 5.43 Å². The predicted octanol–water partition coefficient (Wildman–Crippen LogP) is 3.87. The Kier molecular flexibility index (Phi) is 6.81. The minimum absolute atomic E-state index is 0.0717. The molecule has 0 aliphatic heterocycles. The molecule has 0 unspecified atom stereocenters. The van der Waals surface area contributed by atoms with Crippen LogP contribution in [0.2, 0.25) is 0 Å². The van der Waals surface area contributed by atoms with Gasteiger partial charge in [-0.15, -0.1) is 0 Å². The van der Waals surface area contributed by atoms with Crippen molar-refractivity contribution >= 4 is 28.1 Å². The molecule has 4 nitrogen and oxygen atoms in total. The van der Waals surface area contributed by atoms with Crippen molar-refractivity contribution in [2.24, 2.45) is 5.10 Å². The van der Waals surface area contributed by atoms with E-state index in [2.05, 4.69) is 38.6 Å². The van der Waals surface area contributed by atoms with Crippen LogP contribution >= 0.6 is 15.9 Å². The van der Waals surface area contributed by atoms with Gasteiger partial charge >= 0.3 is 0 Å². The van der Waals surface area contributed by atoms with Crippen molar-refractivity contribution in [3.05, 3.63) is 64.1 Å². The van der Waals surface area contributed by atoms with Crippen molar-refractivity contribution in [1.29, 1.82) is 0 Å². The lowest BCUT2D eigenvalue weighted by Crippen LogP contribution is -2.24.